The van der Waals surface area contributed by atoms with Crippen molar-refractivity contribution in [2.75, 3.05) is 18.5 Å². The molecular formula is C19H22N4O. The normalized spacial score (nSPS) is 10.8. The van der Waals surface area contributed by atoms with E-state index in [1.807, 2.05) is 36.4 Å². The van der Waals surface area contributed by atoms with Crippen LogP contribution in [0.4, 0.5) is 5.82 Å². The SMILES string of the molecule is CCCCN(C)c1ccc(-c2nc(-c3ccc(C)cc3)no2)cn1. The van der Waals surface area contributed by atoms with Crippen LogP contribution in [0.1, 0.15) is 25.3 Å². The summed E-state index contributed by atoms with van der Waals surface area (Å²) in [6.45, 7) is 5.24. The molecule has 2 heterocycles. The third-order valence-corrected chi connectivity index (χ3v) is 3.97. The Morgan fingerprint density at radius 3 is 2.46 bits per heavy atom. The van der Waals surface area contributed by atoms with E-state index in [2.05, 4.69) is 40.9 Å². The van der Waals surface area contributed by atoms with Crippen LogP contribution in [0.15, 0.2) is 47.1 Å². The second-order valence-electron chi connectivity index (χ2n) is 5.97. The van der Waals surface area contributed by atoms with Crippen LogP contribution in [-0.2, 0) is 0 Å². The number of hydrogen-bond donors (Lipinski definition) is 0. The molecule has 0 N–H and O–H groups in total. The Labute approximate surface area is 142 Å². The average molecular weight is 322 g/mol. The molecule has 0 aliphatic rings. The van der Waals surface area contributed by atoms with Crippen LogP contribution in [0, 0.1) is 6.92 Å². The Hall–Kier alpha value is -2.69. The number of hydrogen-bond acceptors (Lipinski definition) is 5. The molecule has 5 heteroatoms. The molecule has 0 radical (unpaired) electrons. The zero-order valence-electron chi connectivity index (χ0n) is 14.4. The smallest absolute Gasteiger partial charge is 0.259 e. The lowest BCUT2D eigenvalue weighted by molar-refractivity contribution is 0.432. The second-order valence-corrected chi connectivity index (χ2v) is 5.97. The van der Waals surface area contributed by atoms with Crippen molar-refractivity contribution in [2.24, 2.45) is 0 Å². The highest BCUT2D eigenvalue weighted by Crippen LogP contribution is 2.23. The molecule has 0 aliphatic carbocycles. The molecule has 0 saturated heterocycles. The molecule has 124 valence electrons. The second kappa shape index (κ2) is 7.25. The van der Waals surface area contributed by atoms with Gasteiger partial charge in [0, 0.05) is 25.4 Å². The number of aromatic nitrogens is 3. The molecule has 0 bridgehead atoms. The van der Waals surface area contributed by atoms with E-state index < -0.39 is 0 Å². The van der Waals surface area contributed by atoms with E-state index in [0.29, 0.717) is 11.7 Å². The Kier molecular flexibility index (Phi) is 4.89. The first kappa shape index (κ1) is 16.2. The Morgan fingerprint density at radius 1 is 1.04 bits per heavy atom. The number of nitrogens with zero attached hydrogens (tertiary/aromatic N) is 4. The largest absolute Gasteiger partial charge is 0.360 e. The molecular weight excluding hydrogens is 300 g/mol. The third kappa shape index (κ3) is 3.62. The molecule has 0 unspecified atom stereocenters. The van der Waals surface area contributed by atoms with Crippen LogP contribution in [0.25, 0.3) is 22.8 Å². The molecule has 5 nitrogen and oxygen atoms in total. The van der Waals surface area contributed by atoms with Crippen molar-refractivity contribution in [1.82, 2.24) is 15.1 Å². The first-order valence-corrected chi connectivity index (χ1v) is 8.25. The molecule has 0 saturated carbocycles. The maximum absolute atomic E-state index is 5.39. The predicted molar refractivity (Wildman–Crippen MR) is 95.9 cm³/mol. The predicted octanol–water partition coefficient (Wildman–Crippen LogP) is 4.34. The Bertz CT molecular complexity index is 778. The third-order valence-electron chi connectivity index (χ3n) is 3.97. The number of unbranched alkanes of at least 4 members (excludes halogenated alkanes) is 1. The Morgan fingerprint density at radius 2 is 1.79 bits per heavy atom. The zero-order chi connectivity index (χ0) is 16.9. The van der Waals surface area contributed by atoms with E-state index in [-0.39, 0.29) is 0 Å². The maximum Gasteiger partial charge on any atom is 0.259 e. The van der Waals surface area contributed by atoms with Crippen molar-refractivity contribution >= 4 is 5.82 Å². The van der Waals surface area contributed by atoms with Crippen LogP contribution in [0.2, 0.25) is 0 Å². The number of pyridine rings is 1. The highest BCUT2D eigenvalue weighted by Gasteiger charge is 2.11. The van der Waals surface area contributed by atoms with Gasteiger partial charge < -0.3 is 9.42 Å². The van der Waals surface area contributed by atoms with Crippen LogP contribution < -0.4 is 4.90 Å². The first-order valence-electron chi connectivity index (χ1n) is 8.25. The minimum Gasteiger partial charge on any atom is -0.360 e. The summed E-state index contributed by atoms with van der Waals surface area (Å²) >= 11 is 0. The quantitative estimate of drug-likeness (QED) is 0.675. The molecule has 0 fully saturated rings. The molecule has 0 spiro atoms. The maximum atomic E-state index is 5.39. The number of benzene rings is 1. The lowest BCUT2D eigenvalue weighted by Crippen LogP contribution is -2.19. The van der Waals surface area contributed by atoms with Gasteiger partial charge in [-0.3, -0.25) is 0 Å². The fourth-order valence-corrected chi connectivity index (χ4v) is 2.41. The summed E-state index contributed by atoms with van der Waals surface area (Å²) in [6, 6.07) is 12.0. The van der Waals surface area contributed by atoms with E-state index >= 15 is 0 Å². The monoisotopic (exact) mass is 322 g/mol. The van der Waals surface area contributed by atoms with Crippen molar-refractivity contribution in [2.45, 2.75) is 26.7 Å². The summed E-state index contributed by atoms with van der Waals surface area (Å²) in [4.78, 5) is 11.1. The highest BCUT2D eigenvalue weighted by molar-refractivity contribution is 5.60. The molecule has 2 aromatic heterocycles. The van der Waals surface area contributed by atoms with Gasteiger partial charge in [-0.2, -0.15) is 4.98 Å². The molecule has 3 aromatic rings. The van der Waals surface area contributed by atoms with Crippen LogP contribution in [-0.4, -0.2) is 28.7 Å². The van der Waals surface area contributed by atoms with Gasteiger partial charge in [-0.15, -0.1) is 0 Å². The van der Waals surface area contributed by atoms with E-state index in [9.17, 15) is 0 Å². The van der Waals surface area contributed by atoms with Crippen molar-refractivity contribution in [3.05, 3.63) is 48.2 Å². The van der Waals surface area contributed by atoms with Gasteiger partial charge in [-0.05, 0) is 25.5 Å². The highest BCUT2D eigenvalue weighted by atomic mass is 16.5. The summed E-state index contributed by atoms with van der Waals surface area (Å²) in [5.41, 5.74) is 2.97. The van der Waals surface area contributed by atoms with E-state index in [1.165, 1.54) is 12.0 Å². The number of anilines is 1. The molecule has 3 rings (SSSR count). The van der Waals surface area contributed by atoms with Crippen molar-refractivity contribution < 1.29 is 4.52 Å². The van der Waals surface area contributed by atoms with Gasteiger partial charge in [-0.1, -0.05) is 48.3 Å². The number of aryl methyl sites for hydroxylation is 1. The van der Waals surface area contributed by atoms with E-state index in [4.69, 9.17) is 4.52 Å². The fourth-order valence-electron chi connectivity index (χ4n) is 2.41. The summed E-state index contributed by atoms with van der Waals surface area (Å²) in [6.07, 6.45) is 4.11. The van der Waals surface area contributed by atoms with Crippen LogP contribution in [0.5, 0.6) is 0 Å². The fraction of sp³-hybridized carbons (Fsp3) is 0.316. The minimum atomic E-state index is 0.487. The molecule has 0 atom stereocenters. The van der Waals surface area contributed by atoms with Gasteiger partial charge in [0.15, 0.2) is 0 Å². The average Bonchev–Trinajstić information content (AvgIpc) is 3.10. The van der Waals surface area contributed by atoms with Crippen molar-refractivity contribution in [1.29, 1.82) is 0 Å². The van der Waals surface area contributed by atoms with Gasteiger partial charge in [0.1, 0.15) is 5.82 Å². The standard InChI is InChI=1S/C19H22N4O/c1-4-5-12-23(3)17-11-10-16(13-20-17)19-21-18(22-24-19)15-8-6-14(2)7-9-15/h6-11,13H,4-5,12H2,1-3H3. The summed E-state index contributed by atoms with van der Waals surface area (Å²) in [5, 5.41) is 4.07. The summed E-state index contributed by atoms with van der Waals surface area (Å²) < 4.78 is 5.39. The van der Waals surface area contributed by atoms with Gasteiger partial charge in [-0.25, -0.2) is 4.98 Å². The van der Waals surface area contributed by atoms with Gasteiger partial charge in [0.05, 0.1) is 5.56 Å². The van der Waals surface area contributed by atoms with E-state index in [1.54, 1.807) is 6.20 Å². The zero-order valence-corrected chi connectivity index (χ0v) is 14.4. The lowest BCUT2D eigenvalue weighted by atomic mass is 10.1. The minimum absolute atomic E-state index is 0.487. The first-order chi connectivity index (χ1) is 11.7. The molecule has 0 aliphatic heterocycles. The van der Waals surface area contributed by atoms with Crippen LogP contribution >= 0.6 is 0 Å². The molecule has 1 aromatic carbocycles. The number of rotatable bonds is 6. The van der Waals surface area contributed by atoms with Gasteiger partial charge in [0.2, 0.25) is 5.82 Å². The van der Waals surface area contributed by atoms with Crippen molar-refractivity contribution in [3.8, 4) is 22.8 Å². The topological polar surface area (TPSA) is 55.1 Å². The summed E-state index contributed by atoms with van der Waals surface area (Å²) in [5.74, 6) is 2.03. The lowest BCUT2D eigenvalue weighted by Gasteiger charge is -2.17. The van der Waals surface area contributed by atoms with E-state index in [0.717, 1.165) is 29.9 Å². The van der Waals surface area contributed by atoms with Gasteiger partial charge in [0.25, 0.3) is 5.89 Å². The summed E-state index contributed by atoms with van der Waals surface area (Å²) in [7, 11) is 2.06. The van der Waals surface area contributed by atoms with Gasteiger partial charge >= 0.3 is 0 Å². The van der Waals surface area contributed by atoms with Crippen LogP contribution in [0.3, 0.4) is 0 Å². The Balaban J connectivity index is 1.76. The van der Waals surface area contributed by atoms with Crippen molar-refractivity contribution in [3.63, 3.8) is 0 Å². The molecule has 0 amide bonds. The molecule has 24 heavy (non-hydrogen) atoms.